The molecular formula is C22H27ClN2O3. The SMILES string of the molecule is CCC(C(=O)NC)N(Cc1ccccc1)C(=O)CCCOc1ccc(Cl)cc1. The van der Waals surface area contributed by atoms with E-state index in [-0.39, 0.29) is 11.8 Å². The van der Waals surface area contributed by atoms with Gasteiger partial charge in [0, 0.05) is 25.0 Å². The van der Waals surface area contributed by atoms with E-state index in [1.807, 2.05) is 37.3 Å². The number of nitrogens with zero attached hydrogens (tertiary/aromatic N) is 1. The van der Waals surface area contributed by atoms with E-state index in [4.69, 9.17) is 16.3 Å². The van der Waals surface area contributed by atoms with Crippen LogP contribution >= 0.6 is 11.6 Å². The molecule has 2 aromatic rings. The van der Waals surface area contributed by atoms with Gasteiger partial charge in [-0.1, -0.05) is 48.9 Å². The highest BCUT2D eigenvalue weighted by molar-refractivity contribution is 6.30. The summed E-state index contributed by atoms with van der Waals surface area (Å²) in [5.74, 6) is 0.512. The first-order valence-corrected chi connectivity index (χ1v) is 9.86. The Morgan fingerprint density at radius 3 is 2.39 bits per heavy atom. The molecule has 0 aliphatic heterocycles. The molecule has 150 valence electrons. The molecular weight excluding hydrogens is 376 g/mol. The predicted molar refractivity (Wildman–Crippen MR) is 111 cm³/mol. The second-order valence-corrected chi connectivity index (χ2v) is 6.89. The molecule has 0 aliphatic carbocycles. The van der Waals surface area contributed by atoms with Gasteiger partial charge in [0.15, 0.2) is 0 Å². The maximum absolute atomic E-state index is 12.9. The summed E-state index contributed by atoms with van der Waals surface area (Å²) in [6.45, 7) is 2.74. The summed E-state index contributed by atoms with van der Waals surface area (Å²) in [5.41, 5.74) is 0.996. The van der Waals surface area contributed by atoms with Crippen LogP contribution in [0.2, 0.25) is 5.02 Å². The van der Waals surface area contributed by atoms with Crippen LogP contribution in [0, 0.1) is 0 Å². The maximum Gasteiger partial charge on any atom is 0.242 e. The maximum atomic E-state index is 12.9. The minimum atomic E-state index is -0.491. The second kappa shape index (κ2) is 11.3. The fourth-order valence-electron chi connectivity index (χ4n) is 2.95. The van der Waals surface area contributed by atoms with E-state index >= 15 is 0 Å². The standard InChI is InChI=1S/C22H27ClN2O3/c1-3-20(22(27)24-2)25(16-17-8-5-4-6-9-17)21(26)10-7-15-28-19-13-11-18(23)12-14-19/h4-6,8-9,11-14,20H,3,7,10,15-16H2,1-2H3,(H,24,27). The van der Waals surface area contributed by atoms with Gasteiger partial charge in [0.2, 0.25) is 11.8 Å². The van der Waals surface area contributed by atoms with Crippen molar-refractivity contribution in [2.24, 2.45) is 0 Å². The lowest BCUT2D eigenvalue weighted by molar-refractivity contribution is -0.141. The van der Waals surface area contributed by atoms with Crippen LogP contribution in [0.5, 0.6) is 5.75 Å². The number of amides is 2. The number of benzene rings is 2. The van der Waals surface area contributed by atoms with Crippen LogP contribution in [-0.4, -0.2) is 36.4 Å². The Morgan fingerprint density at radius 1 is 1.11 bits per heavy atom. The summed E-state index contributed by atoms with van der Waals surface area (Å²) >= 11 is 5.86. The van der Waals surface area contributed by atoms with Crippen LogP contribution in [-0.2, 0) is 16.1 Å². The summed E-state index contributed by atoms with van der Waals surface area (Å²) in [6, 6.07) is 16.3. The highest BCUT2D eigenvalue weighted by atomic mass is 35.5. The van der Waals surface area contributed by atoms with Gasteiger partial charge in [0.1, 0.15) is 11.8 Å². The molecule has 0 saturated carbocycles. The Kier molecular flexibility index (Phi) is 8.82. The summed E-state index contributed by atoms with van der Waals surface area (Å²) in [4.78, 5) is 26.8. The van der Waals surface area contributed by atoms with Gasteiger partial charge in [-0.2, -0.15) is 0 Å². The van der Waals surface area contributed by atoms with Crippen molar-refractivity contribution in [3.05, 3.63) is 65.2 Å². The van der Waals surface area contributed by atoms with Crippen LogP contribution < -0.4 is 10.1 Å². The quantitative estimate of drug-likeness (QED) is 0.610. The molecule has 0 aromatic heterocycles. The molecule has 0 radical (unpaired) electrons. The molecule has 5 nitrogen and oxygen atoms in total. The monoisotopic (exact) mass is 402 g/mol. The van der Waals surface area contributed by atoms with E-state index in [9.17, 15) is 9.59 Å². The van der Waals surface area contributed by atoms with Crippen molar-refractivity contribution in [3.8, 4) is 5.75 Å². The van der Waals surface area contributed by atoms with Gasteiger partial charge >= 0.3 is 0 Å². The van der Waals surface area contributed by atoms with E-state index in [1.54, 1.807) is 36.2 Å². The first-order chi connectivity index (χ1) is 13.5. The highest BCUT2D eigenvalue weighted by Crippen LogP contribution is 2.17. The zero-order valence-electron chi connectivity index (χ0n) is 16.4. The number of nitrogens with one attached hydrogen (secondary N) is 1. The van der Waals surface area contributed by atoms with Crippen LogP contribution in [0.3, 0.4) is 0 Å². The van der Waals surface area contributed by atoms with E-state index in [0.29, 0.717) is 37.4 Å². The molecule has 0 fully saturated rings. The van der Waals surface area contributed by atoms with Crippen molar-refractivity contribution in [1.82, 2.24) is 10.2 Å². The van der Waals surface area contributed by atoms with Crippen LogP contribution in [0.25, 0.3) is 0 Å². The predicted octanol–water partition coefficient (Wildman–Crippen LogP) is 4.05. The molecule has 0 spiro atoms. The summed E-state index contributed by atoms with van der Waals surface area (Å²) in [6.07, 6.45) is 1.43. The number of carbonyl (C=O) groups is 2. The molecule has 1 atom stereocenters. The molecule has 2 rings (SSSR count). The summed E-state index contributed by atoms with van der Waals surface area (Å²) in [7, 11) is 1.59. The second-order valence-electron chi connectivity index (χ2n) is 6.45. The first-order valence-electron chi connectivity index (χ1n) is 9.48. The average Bonchev–Trinajstić information content (AvgIpc) is 2.72. The number of carbonyl (C=O) groups excluding carboxylic acids is 2. The first kappa shape index (κ1) is 21.8. The molecule has 0 heterocycles. The largest absolute Gasteiger partial charge is 0.494 e. The molecule has 1 unspecified atom stereocenters. The van der Waals surface area contributed by atoms with Crippen LogP contribution in [0.4, 0.5) is 0 Å². The Bertz CT molecular complexity index is 750. The third kappa shape index (κ3) is 6.57. The molecule has 28 heavy (non-hydrogen) atoms. The lowest BCUT2D eigenvalue weighted by Crippen LogP contribution is -2.48. The Balaban J connectivity index is 1.97. The van der Waals surface area contributed by atoms with Gasteiger partial charge in [-0.15, -0.1) is 0 Å². The third-order valence-corrected chi connectivity index (χ3v) is 4.70. The van der Waals surface area contributed by atoms with Gasteiger partial charge in [0.05, 0.1) is 6.61 Å². The normalized spacial score (nSPS) is 11.5. The van der Waals surface area contributed by atoms with E-state index in [0.717, 1.165) is 11.3 Å². The van der Waals surface area contributed by atoms with Gasteiger partial charge < -0.3 is 15.0 Å². The molecule has 0 saturated heterocycles. The van der Waals surface area contributed by atoms with Crippen molar-refractivity contribution < 1.29 is 14.3 Å². The van der Waals surface area contributed by atoms with Crippen LogP contribution in [0.1, 0.15) is 31.7 Å². The fraction of sp³-hybridized carbons (Fsp3) is 0.364. The van der Waals surface area contributed by atoms with Crippen molar-refractivity contribution in [3.63, 3.8) is 0 Å². The molecule has 1 N–H and O–H groups in total. The van der Waals surface area contributed by atoms with Gasteiger partial charge in [0.25, 0.3) is 0 Å². The number of ether oxygens (including phenoxy) is 1. The van der Waals surface area contributed by atoms with Crippen LogP contribution in [0.15, 0.2) is 54.6 Å². The number of hydrogen-bond donors (Lipinski definition) is 1. The molecule has 6 heteroatoms. The number of halogens is 1. The van der Waals surface area contributed by atoms with Gasteiger partial charge in [-0.25, -0.2) is 0 Å². The Morgan fingerprint density at radius 2 is 1.79 bits per heavy atom. The molecule has 2 amide bonds. The smallest absolute Gasteiger partial charge is 0.242 e. The summed E-state index contributed by atoms with van der Waals surface area (Å²) in [5, 5.41) is 3.31. The molecule has 0 bridgehead atoms. The van der Waals surface area contributed by atoms with Crippen molar-refractivity contribution in [2.45, 2.75) is 38.8 Å². The Hall–Kier alpha value is -2.53. The van der Waals surface area contributed by atoms with Crippen molar-refractivity contribution in [2.75, 3.05) is 13.7 Å². The number of hydrogen-bond acceptors (Lipinski definition) is 3. The average molecular weight is 403 g/mol. The van der Waals surface area contributed by atoms with E-state index in [1.165, 1.54) is 0 Å². The number of likely N-dealkylation sites (N-methyl/N-ethyl adjacent to an activating group) is 1. The molecule has 0 aliphatic rings. The minimum absolute atomic E-state index is 0.0565. The molecule has 2 aromatic carbocycles. The van der Waals surface area contributed by atoms with E-state index in [2.05, 4.69) is 5.32 Å². The topological polar surface area (TPSA) is 58.6 Å². The fourth-order valence-corrected chi connectivity index (χ4v) is 3.08. The van der Waals surface area contributed by atoms with Gasteiger partial charge in [-0.05, 0) is 42.7 Å². The summed E-state index contributed by atoms with van der Waals surface area (Å²) < 4.78 is 5.66. The minimum Gasteiger partial charge on any atom is -0.494 e. The highest BCUT2D eigenvalue weighted by Gasteiger charge is 2.27. The van der Waals surface area contributed by atoms with Crippen molar-refractivity contribution in [1.29, 1.82) is 0 Å². The zero-order chi connectivity index (χ0) is 20.4. The Labute approximate surface area is 171 Å². The van der Waals surface area contributed by atoms with Crippen molar-refractivity contribution >= 4 is 23.4 Å². The lowest BCUT2D eigenvalue weighted by Gasteiger charge is -2.30. The van der Waals surface area contributed by atoms with Gasteiger partial charge in [-0.3, -0.25) is 9.59 Å². The number of rotatable bonds is 10. The third-order valence-electron chi connectivity index (χ3n) is 4.45. The lowest BCUT2D eigenvalue weighted by atomic mass is 10.1. The van der Waals surface area contributed by atoms with E-state index < -0.39 is 6.04 Å². The zero-order valence-corrected chi connectivity index (χ0v) is 17.1.